The zero-order valence-electron chi connectivity index (χ0n) is 7.23. The second kappa shape index (κ2) is 2.76. The standard InChI is InChI=1S/C9H17NO/c1-8-10-6-9(7-11-8)4-2-3-5-9/h8,10H,2-7H2,1H3. The minimum atomic E-state index is 0.279. The van der Waals surface area contributed by atoms with Crippen LogP contribution in [-0.4, -0.2) is 19.4 Å². The van der Waals surface area contributed by atoms with Gasteiger partial charge < -0.3 is 4.74 Å². The summed E-state index contributed by atoms with van der Waals surface area (Å²) in [6.07, 6.45) is 5.82. The van der Waals surface area contributed by atoms with Crippen LogP contribution in [0.5, 0.6) is 0 Å². The van der Waals surface area contributed by atoms with E-state index in [0.717, 1.165) is 6.61 Å². The summed E-state index contributed by atoms with van der Waals surface area (Å²) in [5.74, 6) is 0. The molecule has 1 saturated heterocycles. The Hall–Kier alpha value is -0.0800. The first kappa shape index (κ1) is 7.56. The number of ether oxygens (including phenoxy) is 1. The molecule has 1 atom stereocenters. The summed E-state index contributed by atoms with van der Waals surface area (Å²) in [4.78, 5) is 0. The van der Waals surface area contributed by atoms with Gasteiger partial charge >= 0.3 is 0 Å². The average Bonchev–Trinajstić information content (AvgIpc) is 2.45. The van der Waals surface area contributed by atoms with Crippen LogP contribution in [-0.2, 0) is 4.74 Å². The van der Waals surface area contributed by atoms with E-state index in [9.17, 15) is 0 Å². The van der Waals surface area contributed by atoms with Gasteiger partial charge in [-0.25, -0.2) is 0 Å². The SMILES string of the molecule is CC1NCC2(CCCC2)CO1. The Morgan fingerprint density at radius 1 is 1.36 bits per heavy atom. The van der Waals surface area contributed by atoms with Gasteiger partial charge in [0.25, 0.3) is 0 Å². The van der Waals surface area contributed by atoms with Crippen LogP contribution >= 0.6 is 0 Å². The molecule has 2 nitrogen and oxygen atoms in total. The summed E-state index contributed by atoms with van der Waals surface area (Å²) in [5.41, 5.74) is 0.520. The molecule has 0 radical (unpaired) electrons. The number of rotatable bonds is 0. The minimum Gasteiger partial charge on any atom is -0.363 e. The first-order chi connectivity index (χ1) is 5.31. The van der Waals surface area contributed by atoms with Gasteiger partial charge in [-0.2, -0.15) is 0 Å². The van der Waals surface area contributed by atoms with Crippen LogP contribution in [0.25, 0.3) is 0 Å². The molecule has 1 unspecified atom stereocenters. The molecule has 2 fully saturated rings. The van der Waals surface area contributed by atoms with Gasteiger partial charge in [0.15, 0.2) is 0 Å². The van der Waals surface area contributed by atoms with Gasteiger partial charge in [-0.1, -0.05) is 12.8 Å². The van der Waals surface area contributed by atoms with E-state index in [1.165, 1.54) is 32.2 Å². The second-order valence-electron chi connectivity index (χ2n) is 4.04. The van der Waals surface area contributed by atoms with Crippen LogP contribution in [0.15, 0.2) is 0 Å². The van der Waals surface area contributed by atoms with E-state index in [4.69, 9.17) is 4.74 Å². The fraction of sp³-hybridized carbons (Fsp3) is 1.00. The van der Waals surface area contributed by atoms with Crippen molar-refractivity contribution in [1.82, 2.24) is 5.32 Å². The molecule has 1 aliphatic heterocycles. The van der Waals surface area contributed by atoms with Crippen LogP contribution in [0.1, 0.15) is 32.6 Å². The maximum absolute atomic E-state index is 5.60. The van der Waals surface area contributed by atoms with Crippen LogP contribution in [0.2, 0.25) is 0 Å². The molecule has 2 rings (SSSR count). The number of nitrogens with one attached hydrogen (secondary N) is 1. The van der Waals surface area contributed by atoms with Crippen molar-refractivity contribution in [3.8, 4) is 0 Å². The first-order valence-corrected chi connectivity index (χ1v) is 4.66. The first-order valence-electron chi connectivity index (χ1n) is 4.66. The quantitative estimate of drug-likeness (QED) is 0.572. The topological polar surface area (TPSA) is 21.3 Å². The van der Waals surface area contributed by atoms with Crippen molar-refractivity contribution in [2.75, 3.05) is 13.2 Å². The lowest BCUT2D eigenvalue weighted by Crippen LogP contribution is -2.47. The predicted octanol–water partition coefficient (Wildman–Crippen LogP) is 1.51. The van der Waals surface area contributed by atoms with Crippen LogP contribution in [0.3, 0.4) is 0 Å². The monoisotopic (exact) mass is 155 g/mol. The van der Waals surface area contributed by atoms with E-state index in [2.05, 4.69) is 12.2 Å². The Kier molecular flexibility index (Phi) is 1.90. The molecule has 1 spiro atoms. The van der Waals surface area contributed by atoms with Crippen molar-refractivity contribution in [3.05, 3.63) is 0 Å². The third kappa shape index (κ3) is 1.42. The van der Waals surface area contributed by atoms with Crippen LogP contribution < -0.4 is 5.32 Å². The highest BCUT2D eigenvalue weighted by atomic mass is 16.5. The van der Waals surface area contributed by atoms with E-state index < -0.39 is 0 Å². The van der Waals surface area contributed by atoms with Crippen LogP contribution in [0, 0.1) is 5.41 Å². The Morgan fingerprint density at radius 3 is 2.64 bits per heavy atom. The summed E-state index contributed by atoms with van der Waals surface area (Å²) in [7, 11) is 0. The van der Waals surface area contributed by atoms with Gasteiger partial charge in [-0.3, -0.25) is 5.32 Å². The molecule has 1 N–H and O–H groups in total. The molecule has 0 aromatic rings. The molecule has 2 aliphatic rings. The molecule has 64 valence electrons. The number of hydrogen-bond acceptors (Lipinski definition) is 2. The van der Waals surface area contributed by atoms with Gasteiger partial charge in [-0.05, 0) is 19.8 Å². The predicted molar refractivity (Wildman–Crippen MR) is 44.3 cm³/mol. The lowest BCUT2D eigenvalue weighted by molar-refractivity contribution is -0.0591. The zero-order chi connectivity index (χ0) is 7.73. The lowest BCUT2D eigenvalue weighted by atomic mass is 9.86. The van der Waals surface area contributed by atoms with Gasteiger partial charge in [0.1, 0.15) is 6.23 Å². The van der Waals surface area contributed by atoms with E-state index in [-0.39, 0.29) is 6.23 Å². The highest BCUT2D eigenvalue weighted by Crippen LogP contribution is 2.39. The normalized spacial score (nSPS) is 36.3. The Labute approximate surface area is 68.3 Å². The molecule has 1 aliphatic carbocycles. The molecule has 0 aromatic carbocycles. The number of hydrogen-bond donors (Lipinski definition) is 1. The fourth-order valence-corrected chi connectivity index (χ4v) is 2.22. The smallest absolute Gasteiger partial charge is 0.105 e. The molecular weight excluding hydrogens is 138 g/mol. The summed E-state index contributed by atoms with van der Waals surface area (Å²) in [6, 6.07) is 0. The molecule has 0 bridgehead atoms. The van der Waals surface area contributed by atoms with Crippen molar-refractivity contribution >= 4 is 0 Å². The average molecular weight is 155 g/mol. The minimum absolute atomic E-state index is 0.279. The maximum atomic E-state index is 5.60. The van der Waals surface area contributed by atoms with Gasteiger partial charge in [0.05, 0.1) is 6.61 Å². The molecule has 1 heterocycles. The molecule has 0 aromatic heterocycles. The molecule has 11 heavy (non-hydrogen) atoms. The second-order valence-corrected chi connectivity index (χ2v) is 4.04. The Bertz CT molecular complexity index is 130. The lowest BCUT2D eigenvalue weighted by Gasteiger charge is -2.36. The third-order valence-corrected chi connectivity index (χ3v) is 3.07. The molecule has 0 amide bonds. The fourth-order valence-electron chi connectivity index (χ4n) is 2.22. The molecule has 2 heteroatoms. The van der Waals surface area contributed by atoms with E-state index >= 15 is 0 Å². The Balaban J connectivity index is 1.94. The third-order valence-electron chi connectivity index (χ3n) is 3.07. The van der Waals surface area contributed by atoms with Crippen molar-refractivity contribution in [3.63, 3.8) is 0 Å². The highest BCUT2D eigenvalue weighted by Gasteiger charge is 2.37. The molecular formula is C9H17NO. The van der Waals surface area contributed by atoms with E-state index in [0.29, 0.717) is 5.41 Å². The largest absolute Gasteiger partial charge is 0.363 e. The summed E-state index contributed by atoms with van der Waals surface area (Å²) in [5, 5.41) is 3.39. The van der Waals surface area contributed by atoms with Crippen LogP contribution in [0.4, 0.5) is 0 Å². The van der Waals surface area contributed by atoms with Gasteiger partial charge in [0, 0.05) is 12.0 Å². The van der Waals surface area contributed by atoms with E-state index in [1.54, 1.807) is 0 Å². The van der Waals surface area contributed by atoms with Gasteiger partial charge in [0.2, 0.25) is 0 Å². The molecule has 1 saturated carbocycles. The zero-order valence-corrected chi connectivity index (χ0v) is 7.23. The van der Waals surface area contributed by atoms with Gasteiger partial charge in [-0.15, -0.1) is 0 Å². The van der Waals surface area contributed by atoms with Crippen molar-refractivity contribution in [1.29, 1.82) is 0 Å². The summed E-state index contributed by atoms with van der Waals surface area (Å²) < 4.78 is 5.60. The van der Waals surface area contributed by atoms with Crippen molar-refractivity contribution < 1.29 is 4.74 Å². The highest BCUT2D eigenvalue weighted by molar-refractivity contribution is 4.88. The maximum Gasteiger partial charge on any atom is 0.105 e. The summed E-state index contributed by atoms with van der Waals surface area (Å²) >= 11 is 0. The summed E-state index contributed by atoms with van der Waals surface area (Å²) in [6.45, 7) is 4.25. The van der Waals surface area contributed by atoms with Crippen molar-refractivity contribution in [2.45, 2.75) is 38.8 Å². The Morgan fingerprint density at radius 2 is 2.09 bits per heavy atom. The van der Waals surface area contributed by atoms with Crippen molar-refractivity contribution in [2.24, 2.45) is 5.41 Å². The van der Waals surface area contributed by atoms with E-state index in [1.807, 2.05) is 0 Å².